The van der Waals surface area contributed by atoms with Gasteiger partial charge < -0.3 is 25.2 Å². The van der Waals surface area contributed by atoms with Crippen molar-refractivity contribution < 1.29 is 42.5 Å². The van der Waals surface area contributed by atoms with Gasteiger partial charge in [0.05, 0.1) is 6.54 Å². The molecule has 3 amide bonds. The Kier molecular flexibility index (Phi) is 9.29. The molecule has 2 aliphatic rings. The van der Waals surface area contributed by atoms with Crippen molar-refractivity contribution in [2.45, 2.75) is 77.4 Å². The van der Waals surface area contributed by atoms with Gasteiger partial charge in [0, 0.05) is 29.9 Å². The molecule has 1 atom stereocenters. The Morgan fingerprint density at radius 2 is 1.63 bits per heavy atom. The largest absolute Gasteiger partial charge is 0.573 e. The van der Waals surface area contributed by atoms with E-state index in [1.165, 1.54) is 24.3 Å². The predicted molar refractivity (Wildman–Crippen MR) is 153 cm³/mol. The molecule has 3 N–H and O–H groups in total. The molecule has 2 aromatic rings. The Bertz CT molecular complexity index is 1300. The summed E-state index contributed by atoms with van der Waals surface area (Å²) in [5, 5.41) is 20.6. The maximum Gasteiger partial charge on any atom is 0.573 e. The van der Waals surface area contributed by atoms with Gasteiger partial charge in [-0.3, -0.25) is 9.69 Å². The highest BCUT2D eigenvalue weighted by atomic mass is 19.4. The summed E-state index contributed by atoms with van der Waals surface area (Å²) < 4.78 is 41.9. The van der Waals surface area contributed by atoms with E-state index >= 15 is 0 Å². The van der Waals surface area contributed by atoms with Crippen LogP contribution in [0, 0.1) is 11.3 Å². The summed E-state index contributed by atoms with van der Waals surface area (Å²) >= 11 is 0. The van der Waals surface area contributed by atoms with Gasteiger partial charge in [0.2, 0.25) is 0 Å². The zero-order valence-corrected chi connectivity index (χ0v) is 24.5. The zero-order chi connectivity index (χ0) is 31.6. The van der Waals surface area contributed by atoms with E-state index < -0.39 is 30.9 Å². The molecule has 9 nitrogen and oxygen atoms in total. The van der Waals surface area contributed by atoms with Crippen molar-refractivity contribution >= 4 is 23.6 Å². The van der Waals surface area contributed by atoms with Gasteiger partial charge in [-0.05, 0) is 85.4 Å². The molecule has 1 spiro atoms. The van der Waals surface area contributed by atoms with Gasteiger partial charge in [-0.2, -0.15) is 0 Å². The zero-order valence-electron chi connectivity index (χ0n) is 24.5. The molecule has 1 saturated heterocycles. The van der Waals surface area contributed by atoms with Crippen molar-refractivity contribution in [3.63, 3.8) is 0 Å². The first-order chi connectivity index (χ1) is 20.1. The highest BCUT2D eigenvalue weighted by molar-refractivity contribution is 5.95. The lowest BCUT2D eigenvalue weighted by Gasteiger charge is -2.54. The number of hydrogen-bond donors (Lipinski definition) is 3. The fourth-order valence-corrected chi connectivity index (χ4v) is 6.07. The van der Waals surface area contributed by atoms with Crippen LogP contribution in [0.2, 0.25) is 0 Å². The van der Waals surface area contributed by atoms with Gasteiger partial charge in [-0.25, -0.2) is 9.59 Å². The fourth-order valence-electron chi connectivity index (χ4n) is 6.07. The first kappa shape index (κ1) is 32.1. The third-order valence-electron chi connectivity index (χ3n) is 8.66. The molecule has 0 bridgehead atoms. The standard InChI is InChI=1S/C31H38F3N3O6/c1-29(2,3)22-12-14-30(15-13-22)16-17-36(23-8-10-24(11-9-23)43-31(32,33)34)28(42)37(30)19-20-4-6-21(7-5-20)26(39)35-18-25(38)27(40)41/h4-11,22,25,38H,12-19H2,1-3H3,(H,35,39)(H,40,41). The van der Waals surface area contributed by atoms with E-state index in [-0.39, 0.29) is 34.8 Å². The van der Waals surface area contributed by atoms with Crippen LogP contribution in [0.4, 0.5) is 23.7 Å². The smallest absolute Gasteiger partial charge is 0.479 e. The molecule has 2 aromatic carbocycles. The number of nitrogens with one attached hydrogen (secondary N) is 1. The predicted octanol–water partition coefficient (Wildman–Crippen LogP) is 5.57. The van der Waals surface area contributed by atoms with Crippen LogP contribution in [-0.4, -0.2) is 64.1 Å². The Morgan fingerprint density at radius 1 is 1.02 bits per heavy atom. The van der Waals surface area contributed by atoms with E-state index in [4.69, 9.17) is 5.11 Å². The molecule has 1 heterocycles. The van der Waals surface area contributed by atoms with Crippen molar-refractivity contribution in [3.05, 3.63) is 59.7 Å². The minimum atomic E-state index is -4.81. The molecule has 4 rings (SSSR count). The molecule has 1 aliphatic heterocycles. The quantitative estimate of drug-likeness (QED) is 0.362. The van der Waals surface area contributed by atoms with Gasteiger partial charge in [-0.15, -0.1) is 13.2 Å². The molecular formula is C31H38F3N3O6. The number of urea groups is 1. The summed E-state index contributed by atoms with van der Waals surface area (Å²) in [5.74, 6) is -1.82. The van der Waals surface area contributed by atoms with Crippen LogP contribution in [0.5, 0.6) is 5.75 Å². The number of hydrogen-bond acceptors (Lipinski definition) is 5. The van der Waals surface area contributed by atoms with Gasteiger partial charge in [0.15, 0.2) is 6.10 Å². The second kappa shape index (κ2) is 12.4. The molecule has 2 fully saturated rings. The van der Waals surface area contributed by atoms with Gasteiger partial charge >= 0.3 is 18.4 Å². The third-order valence-corrected chi connectivity index (χ3v) is 8.66. The number of aliphatic hydroxyl groups excluding tert-OH is 1. The Hall–Kier alpha value is -3.80. The number of rotatable bonds is 8. The summed E-state index contributed by atoms with van der Waals surface area (Å²) in [6, 6.07) is 11.6. The minimum Gasteiger partial charge on any atom is -0.479 e. The van der Waals surface area contributed by atoms with Gasteiger partial charge in [0.25, 0.3) is 5.91 Å². The number of carboxylic acid groups (broad SMARTS) is 1. The average molecular weight is 606 g/mol. The lowest BCUT2D eigenvalue weighted by Crippen LogP contribution is -2.63. The molecule has 0 radical (unpaired) electrons. The molecule has 234 valence electrons. The van der Waals surface area contributed by atoms with Gasteiger partial charge in [-0.1, -0.05) is 32.9 Å². The summed E-state index contributed by atoms with van der Waals surface area (Å²) in [6.07, 6.45) is -2.22. The number of carbonyl (C=O) groups excluding carboxylic acids is 2. The van der Waals surface area contributed by atoms with Crippen molar-refractivity contribution in [1.29, 1.82) is 0 Å². The fraction of sp³-hybridized carbons (Fsp3) is 0.516. The summed E-state index contributed by atoms with van der Waals surface area (Å²) in [7, 11) is 0. The number of benzene rings is 2. The van der Waals surface area contributed by atoms with Crippen molar-refractivity contribution in [2.75, 3.05) is 18.0 Å². The number of carbonyl (C=O) groups is 3. The van der Waals surface area contributed by atoms with Gasteiger partial charge in [0.1, 0.15) is 5.75 Å². The number of anilines is 1. The molecule has 43 heavy (non-hydrogen) atoms. The number of nitrogens with zero attached hydrogens (tertiary/aromatic N) is 2. The lowest BCUT2D eigenvalue weighted by atomic mass is 9.65. The van der Waals surface area contributed by atoms with Crippen LogP contribution in [0.1, 0.15) is 68.8 Å². The number of carboxylic acids is 1. The first-order valence-corrected chi connectivity index (χ1v) is 14.3. The van der Waals surface area contributed by atoms with E-state index in [1.54, 1.807) is 29.2 Å². The summed E-state index contributed by atoms with van der Waals surface area (Å²) in [6.45, 7) is 6.95. The molecule has 1 aliphatic carbocycles. The number of aliphatic hydroxyl groups is 1. The molecule has 0 aromatic heterocycles. The van der Waals surface area contributed by atoms with E-state index in [9.17, 15) is 32.7 Å². The minimum absolute atomic E-state index is 0.147. The van der Waals surface area contributed by atoms with E-state index in [0.717, 1.165) is 31.2 Å². The number of halogens is 3. The van der Waals surface area contributed by atoms with Crippen LogP contribution in [0.15, 0.2) is 48.5 Å². The van der Waals surface area contributed by atoms with E-state index in [0.29, 0.717) is 24.6 Å². The highest BCUT2D eigenvalue weighted by Gasteiger charge is 2.48. The molecular weight excluding hydrogens is 567 g/mol. The van der Waals surface area contributed by atoms with Crippen molar-refractivity contribution in [3.8, 4) is 5.75 Å². The second-order valence-corrected chi connectivity index (χ2v) is 12.4. The summed E-state index contributed by atoms with van der Waals surface area (Å²) in [4.78, 5) is 40.7. The molecule has 1 saturated carbocycles. The van der Waals surface area contributed by atoms with Crippen LogP contribution >= 0.6 is 0 Å². The Labute approximate surface area is 248 Å². The highest BCUT2D eigenvalue weighted by Crippen LogP contribution is 2.47. The lowest BCUT2D eigenvalue weighted by molar-refractivity contribution is -0.274. The molecule has 12 heteroatoms. The summed E-state index contributed by atoms with van der Waals surface area (Å²) in [5.41, 5.74) is 1.29. The van der Waals surface area contributed by atoms with Crippen LogP contribution < -0.4 is 15.0 Å². The van der Waals surface area contributed by atoms with Crippen LogP contribution in [0.3, 0.4) is 0 Å². The maximum atomic E-state index is 14.1. The van der Waals surface area contributed by atoms with Crippen molar-refractivity contribution in [1.82, 2.24) is 10.2 Å². The normalized spacial score (nSPS) is 21.9. The molecule has 1 unspecified atom stereocenters. The number of ether oxygens (including phenoxy) is 1. The van der Waals surface area contributed by atoms with E-state index in [1.807, 2.05) is 4.90 Å². The monoisotopic (exact) mass is 605 g/mol. The number of alkyl halides is 3. The Balaban J connectivity index is 1.54. The van der Waals surface area contributed by atoms with Crippen LogP contribution in [-0.2, 0) is 11.3 Å². The topological polar surface area (TPSA) is 119 Å². The van der Waals surface area contributed by atoms with Crippen LogP contribution in [0.25, 0.3) is 0 Å². The first-order valence-electron chi connectivity index (χ1n) is 14.3. The third kappa shape index (κ3) is 7.78. The van der Waals surface area contributed by atoms with Crippen molar-refractivity contribution in [2.24, 2.45) is 11.3 Å². The Morgan fingerprint density at radius 3 is 2.16 bits per heavy atom. The number of aliphatic carboxylic acids is 1. The number of amides is 3. The SMILES string of the molecule is CC(C)(C)C1CCC2(CC1)CCN(c1ccc(OC(F)(F)F)cc1)C(=O)N2Cc1ccc(C(=O)NCC(O)C(=O)O)cc1. The average Bonchev–Trinajstić information content (AvgIpc) is 2.94. The maximum absolute atomic E-state index is 14.1. The van der Waals surface area contributed by atoms with E-state index in [2.05, 4.69) is 30.8 Å². The second-order valence-electron chi connectivity index (χ2n) is 12.4.